The minimum absolute atomic E-state index is 0.0301. The first-order valence-corrected chi connectivity index (χ1v) is 7.86. The van der Waals surface area contributed by atoms with E-state index in [0.29, 0.717) is 19.6 Å². The van der Waals surface area contributed by atoms with Crippen LogP contribution in [0.1, 0.15) is 11.1 Å². The molecule has 25 heavy (non-hydrogen) atoms. The average molecular weight is 342 g/mol. The van der Waals surface area contributed by atoms with Gasteiger partial charge in [0.2, 0.25) is 0 Å². The van der Waals surface area contributed by atoms with Gasteiger partial charge in [-0.15, -0.1) is 0 Å². The van der Waals surface area contributed by atoms with E-state index in [0.717, 1.165) is 16.9 Å². The van der Waals surface area contributed by atoms with Crippen LogP contribution in [-0.4, -0.2) is 35.7 Å². The Morgan fingerprint density at radius 2 is 1.80 bits per heavy atom. The van der Waals surface area contributed by atoms with E-state index in [4.69, 9.17) is 9.47 Å². The summed E-state index contributed by atoms with van der Waals surface area (Å²) in [5.74, 6) is 0.783. The highest BCUT2D eigenvalue weighted by Gasteiger charge is 2.32. The number of hydrogen-bond acceptors (Lipinski definition) is 5. The quantitative estimate of drug-likeness (QED) is 0.595. The van der Waals surface area contributed by atoms with E-state index in [-0.39, 0.29) is 17.8 Å². The molecule has 3 rings (SSSR count). The Kier molecular flexibility index (Phi) is 4.83. The first-order valence-electron chi connectivity index (χ1n) is 7.86. The van der Waals surface area contributed by atoms with E-state index in [1.807, 2.05) is 24.3 Å². The van der Waals surface area contributed by atoms with Gasteiger partial charge in [-0.05, 0) is 29.7 Å². The lowest BCUT2D eigenvalue weighted by atomic mass is 10.0. The third-order valence-electron chi connectivity index (χ3n) is 4.20. The molecule has 0 spiro atoms. The molecule has 7 heteroatoms. The molecule has 0 aliphatic carbocycles. The topological polar surface area (TPSA) is 81.9 Å². The van der Waals surface area contributed by atoms with Gasteiger partial charge < -0.3 is 9.47 Å². The summed E-state index contributed by atoms with van der Waals surface area (Å²) < 4.78 is 10.3. The number of carbonyl (C=O) groups excluding carboxylic acids is 1. The van der Waals surface area contributed by atoms with Gasteiger partial charge in [0.25, 0.3) is 5.69 Å². The zero-order valence-corrected chi connectivity index (χ0v) is 13.8. The fraction of sp³-hybridized carbons (Fsp3) is 0.278. The second-order valence-electron chi connectivity index (χ2n) is 5.83. The molecule has 1 amide bonds. The lowest BCUT2D eigenvalue weighted by molar-refractivity contribution is -0.384. The number of nitrogens with zero attached hydrogens (tertiary/aromatic N) is 2. The lowest BCUT2D eigenvalue weighted by Crippen LogP contribution is -2.34. The molecule has 1 atom stereocenters. The number of ether oxygens (including phenoxy) is 2. The molecule has 7 nitrogen and oxygen atoms in total. The summed E-state index contributed by atoms with van der Waals surface area (Å²) in [5.41, 5.74) is 1.93. The maximum Gasteiger partial charge on any atom is 0.410 e. The molecule has 0 saturated carbocycles. The monoisotopic (exact) mass is 342 g/mol. The SMILES string of the molecule is COc1ccc(C[C@H]2COC(=O)N2Cc2ccc([N+](=O)[O-])cc2)cc1. The van der Waals surface area contributed by atoms with Crippen molar-refractivity contribution < 1.29 is 19.2 Å². The van der Waals surface area contributed by atoms with E-state index in [9.17, 15) is 14.9 Å². The highest BCUT2D eigenvalue weighted by molar-refractivity contribution is 5.70. The highest BCUT2D eigenvalue weighted by atomic mass is 16.6. The number of benzene rings is 2. The fourth-order valence-electron chi connectivity index (χ4n) is 2.81. The lowest BCUT2D eigenvalue weighted by Gasteiger charge is -2.21. The first-order chi connectivity index (χ1) is 12.1. The predicted octanol–water partition coefficient (Wildman–Crippen LogP) is 3.17. The molecular weight excluding hydrogens is 324 g/mol. The summed E-state index contributed by atoms with van der Waals surface area (Å²) >= 11 is 0. The van der Waals surface area contributed by atoms with Crippen LogP contribution in [0.25, 0.3) is 0 Å². The summed E-state index contributed by atoms with van der Waals surface area (Å²) in [4.78, 5) is 24.0. The molecule has 1 saturated heterocycles. The van der Waals surface area contributed by atoms with Crippen LogP contribution in [0.3, 0.4) is 0 Å². The van der Waals surface area contributed by atoms with Crippen molar-refractivity contribution in [3.63, 3.8) is 0 Å². The molecule has 0 N–H and O–H groups in total. The van der Waals surface area contributed by atoms with Crippen LogP contribution in [0.5, 0.6) is 5.75 Å². The maximum absolute atomic E-state index is 12.0. The third kappa shape index (κ3) is 3.88. The summed E-state index contributed by atoms with van der Waals surface area (Å²) in [6.45, 7) is 0.690. The van der Waals surface area contributed by atoms with Crippen LogP contribution in [-0.2, 0) is 17.7 Å². The van der Waals surface area contributed by atoms with E-state index in [1.165, 1.54) is 12.1 Å². The van der Waals surface area contributed by atoms with Crippen LogP contribution in [0, 0.1) is 10.1 Å². The van der Waals surface area contributed by atoms with Crippen molar-refractivity contribution in [2.75, 3.05) is 13.7 Å². The Balaban J connectivity index is 1.69. The standard InChI is InChI=1S/C18H18N2O5/c1-24-17-8-4-13(5-9-17)10-16-12-25-18(21)19(16)11-14-2-6-15(7-3-14)20(22)23/h2-9,16H,10-12H2,1H3/t16-/m0/s1. The molecule has 0 bridgehead atoms. The van der Waals surface area contributed by atoms with Crippen molar-refractivity contribution in [2.24, 2.45) is 0 Å². The Bertz CT molecular complexity index is 758. The number of non-ortho nitro benzene ring substituents is 1. The number of carbonyl (C=O) groups is 1. The molecule has 1 aliphatic heterocycles. The van der Waals surface area contributed by atoms with Crippen molar-refractivity contribution in [3.8, 4) is 5.75 Å². The molecule has 1 fully saturated rings. The predicted molar refractivity (Wildman–Crippen MR) is 90.5 cm³/mol. The van der Waals surface area contributed by atoms with Gasteiger partial charge in [-0.25, -0.2) is 4.79 Å². The van der Waals surface area contributed by atoms with Gasteiger partial charge in [0, 0.05) is 18.7 Å². The normalized spacial score (nSPS) is 16.6. The Labute approximate surface area is 144 Å². The van der Waals surface area contributed by atoms with Gasteiger partial charge in [0.05, 0.1) is 18.1 Å². The van der Waals surface area contributed by atoms with Gasteiger partial charge in [-0.1, -0.05) is 24.3 Å². The van der Waals surface area contributed by atoms with Crippen LogP contribution in [0.4, 0.5) is 10.5 Å². The molecule has 0 unspecified atom stereocenters. The second kappa shape index (κ2) is 7.21. The minimum Gasteiger partial charge on any atom is -0.497 e. The van der Waals surface area contributed by atoms with Crippen molar-refractivity contribution in [2.45, 2.75) is 19.0 Å². The number of nitro benzene ring substituents is 1. The Hall–Kier alpha value is -3.09. The third-order valence-corrected chi connectivity index (χ3v) is 4.20. The number of methoxy groups -OCH3 is 1. The summed E-state index contributed by atoms with van der Waals surface area (Å²) in [6, 6.07) is 13.8. The zero-order chi connectivity index (χ0) is 17.8. The van der Waals surface area contributed by atoms with Crippen molar-refractivity contribution in [3.05, 3.63) is 69.8 Å². The fourth-order valence-corrected chi connectivity index (χ4v) is 2.81. The van der Waals surface area contributed by atoms with E-state index < -0.39 is 4.92 Å². The summed E-state index contributed by atoms with van der Waals surface area (Å²) in [6.07, 6.45) is 0.305. The Morgan fingerprint density at radius 1 is 1.16 bits per heavy atom. The smallest absolute Gasteiger partial charge is 0.410 e. The zero-order valence-electron chi connectivity index (χ0n) is 13.8. The van der Waals surface area contributed by atoms with Crippen LogP contribution in [0.15, 0.2) is 48.5 Å². The van der Waals surface area contributed by atoms with Crippen LogP contribution in [0.2, 0.25) is 0 Å². The van der Waals surface area contributed by atoms with E-state index in [1.54, 1.807) is 24.1 Å². The molecular formula is C18H18N2O5. The van der Waals surface area contributed by atoms with Gasteiger partial charge >= 0.3 is 6.09 Å². The number of hydrogen-bond donors (Lipinski definition) is 0. The van der Waals surface area contributed by atoms with Crippen molar-refractivity contribution in [1.29, 1.82) is 0 Å². The van der Waals surface area contributed by atoms with Gasteiger partial charge in [-0.3, -0.25) is 15.0 Å². The summed E-state index contributed by atoms with van der Waals surface area (Å²) in [5, 5.41) is 10.7. The number of amides is 1. The molecule has 2 aromatic rings. The van der Waals surface area contributed by atoms with E-state index >= 15 is 0 Å². The maximum atomic E-state index is 12.0. The number of rotatable bonds is 6. The average Bonchev–Trinajstić information content (AvgIpc) is 2.96. The molecule has 1 aliphatic rings. The number of nitro groups is 1. The summed E-state index contributed by atoms with van der Waals surface area (Å²) in [7, 11) is 1.62. The van der Waals surface area contributed by atoms with Gasteiger partial charge in [0.1, 0.15) is 12.4 Å². The van der Waals surface area contributed by atoms with Crippen LogP contribution < -0.4 is 4.74 Å². The highest BCUT2D eigenvalue weighted by Crippen LogP contribution is 2.22. The van der Waals surface area contributed by atoms with Gasteiger partial charge in [0.15, 0.2) is 0 Å². The Morgan fingerprint density at radius 3 is 2.40 bits per heavy atom. The first kappa shape index (κ1) is 16.8. The van der Waals surface area contributed by atoms with Crippen molar-refractivity contribution >= 4 is 11.8 Å². The van der Waals surface area contributed by atoms with Gasteiger partial charge in [-0.2, -0.15) is 0 Å². The minimum atomic E-state index is -0.444. The van der Waals surface area contributed by atoms with Crippen molar-refractivity contribution in [1.82, 2.24) is 4.90 Å². The molecule has 130 valence electrons. The molecule has 2 aromatic carbocycles. The largest absolute Gasteiger partial charge is 0.497 e. The molecule has 0 radical (unpaired) electrons. The number of cyclic esters (lactones) is 1. The van der Waals surface area contributed by atoms with Crippen LogP contribution >= 0.6 is 0 Å². The molecule has 1 heterocycles. The molecule has 0 aromatic heterocycles. The van der Waals surface area contributed by atoms with E-state index in [2.05, 4.69) is 0 Å². The second-order valence-corrected chi connectivity index (χ2v) is 5.83.